The first-order valence-corrected chi connectivity index (χ1v) is 6.05. The van der Waals surface area contributed by atoms with E-state index in [1.54, 1.807) is 14.0 Å². The molecule has 0 fully saturated rings. The number of rotatable bonds is 6. The Labute approximate surface area is 112 Å². The van der Waals surface area contributed by atoms with Gasteiger partial charge in [-0.3, -0.25) is 0 Å². The molecule has 1 unspecified atom stereocenters. The lowest BCUT2D eigenvalue weighted by Gasteiger charge is -2.19. The predicted molar refractivity (Wildman–Crippen MR) is 69.6 cm³/mol. The van der Waals surface area contributed by atoms with Gasteiger partial charge in [0.15, 0.2) is 0 Å². The largest absolute Gasteiger partial charge is 0.489 e. The molecule has 0 bridgehead atoms. The topological polar surface area (TPSA) is 61.8 Å². The number of ether oxygens (including phenoxy) is 1. The van der Waals surface area contributed by atoms with E-state index < -0.39 is 0 Å². The molecule has 5 nitrogen and oxygen atoms in total. The molecule has 2 N–H and O–H groups in total. The van der Waals surface area contributed by atoms with Gasteiger partial charge in [0.2, 0.25) is 0 Å². The van der Waals surface area contributed by atoms with Gasteiger partial charge in [-0.1, -0.05) is 0 Å². The highest BCUT2D eigenvalue weighted by atomic mass is 19.1. The van der Waals surface area contributed by atoms with Crippen molar-refractivity contribution in [3.05, 3.63) is 30.1 Å². The van der Waals surface area contributed by atoms with E-state index in [0.717, 1.165) is 0 Å². The maximum Gasteiger partial charge on any atom is 0.317 e. The number of nitrogens with zero attached hydrogens (tertiary/aromatic N) is 1. The number of aliphatic hydroxyl groups excluding tert-OH is 1. The second-order valence-electron chi connectivity index (χ2n) is 4.21. The van der Waals surface area contributed by atoms with Crippen LogP contribution in [0.2, 0.25) is 0 Å². The van der Waals surface area contributed by atoms with E-state index in [0.29, 0.717) is 12.3 Å². The Morgan fingerprint density at radius 3 is 2.68 bits per heavy atom. The fourth-order valence-corrected chi connectivity index (χ4v) is 1.40. The predicted octanol–water partition coefficient (Wildman–Crippen LogP) is 1.23. The second-order valence-corrected chi connectivity index (χ2v) is 4.21. The average molecular weight is 270 g/mol. The minimum absolute atomic E-state index is 0.0778. The molecule has 0 aliphatic carbocycles. The molecule has 19 heavy (non-hydrogen) atoms. The third kappa shape index (κ3) is 5.56. The summed E-state index contributed by atoms with van der Waals surface area (Å²) in [6, 6.07) is 5.42. The molecule has 1 rings (SSSR count). The quantitative estimate of drug-likeness (QED) is 0.817. The maximum atomic E-state index is 12.7. The number of benzene rings is 1. The highest BCUT2D eigenvalue weighted by Gasteiger charge is 2.10. The van der Waals surface area contributed by atoms with E-state index in [1.807, 2.05) is 0 Å². The smallest absolute Gasteiger partial charge is 0.317 e. The van der Waals surface area contributed by atoms with Gasteiger partial charge in [0.1, 0.15) is 17.7 Å². The highest BCUT2D eigenvalue weighted by molar-refractivity contribution is 5.73. The van der Waals surface area contributed by atoms with Crippen LogP contribution in [-0.2, 0) is 0 Å². The molecule has 106 valence electrons. The summed E-state index contributed by atoms with van der Waals surface area (Å²) in [5.41, 5.74) is 0. The van der Waals surface area contributed by atoms with Crippen molar-refractivity contribution in [3.63, 3.8) is 0 Å². The fraction of sp³-hybridized carbons (Fsp3) is 0.462. The lowest BCUT2D eigenvalue weighted by molar-refractivity contribution is 0.178. The number of urea groups is 1. The van der Waals surface area contributed by atoms with E-state index in [1.165, 1.54) is 29.2 Å². The first kappa shape index (κ1) is 15.2. The molecule has 0 aromatic heterocycles. The van der Waals surface area contributed by atoms with Crippen LogP contribution >= 0.6 is 0 Å². The number of aliphatic hydroxyl groups is 1. The monoisotopic (exact) mass is 270 g/mol. The Hall–Kier alpha value is -1.82. The summed E-state index contributed by atoms with van der Waals surface area (Å²) in [5.74, 6) is 0.228. The summed E-state index contributed by atoms with van der Waals surface area (Å²) in [7, 11) is 1.59. The summed E-state index contributed by atoms with van der Waals surface area (Å²) in [6.45, 7) is 2.33. The van der Waals surface area contributed by atoms with E-state index in [9.17, 15) is 9.18 Å². The molecular weight excluding hydrogens is 251 g/mol. The van der Waals surface area contributed by atoms with Gasteiger partial charge < -0.3 is 20.1 Å². The van der Waals surface area contributed by atoms with Crippen LogP contribution in [0, 0.1) is 5.82 Å². The standard InChI is InChI=1S/C13H19FN2O3/c1-10(9-15-13(18)16(2)7-8-17)19-12-5-3-11(14)4-6-12/h3-6,10,17H,7-9H2,1-2H3,(H,15,18). The van der Waals surface area contributed by atoms with Crippen LogP contribution in [0.3, 0.4) is 0 Å². The maximum absolute atomic E-state index is 12.7. The molecule has 0 spiro atoms. The van der Waals surface area contributed by atoms with Crippen LogP contribution in [0.5, 0.6) is 5.75 Å². The molecule has 0 heterocycles. The van der Waals surface area contributed by atoms with Gasteiger partial charge in [-0.25, -0.2) is 9.18 Å². The van der Waals surface area contributed by atoms with Gasteiger partial charge in [-0.15, -0.1) is 0 Å². The summed E-state index contributed by atoms with van der Waals surface area (Å²) in [4.78, 5) is 12.9. The Kier molecular flexibility index (Phi) is 6.08. The normalized spacial score (nSPS) is 11.8. The molecule has 1 aromatic carbocycles. The summed E-state index contributed by atoms with van der Waals surface area (Å²) in [5, 5.41) is 11.4. The number of amides is 2. The Balaban J connectivity index is 2.33. The highest BCUT2D eigenvalue weighted by Crippen LogP contribution is 2.12. The number of carbonyl (C=O) groups excluding carboxylic acids is 1. The zero-order chi connectivity index (χ0) is 14.3. The lowest BCUT2D eigenvalue weighted by atomic mass is 10.3. The minimum atomic E-state index is -0.320. The van der Waals surface area contributed by atoms with Gasteiger partial charge in [0, 0.05) is 13.6 Å². The van der Waals surface area contributed by atoms with Crippen LogP contribution < -0.4 is 10.1 Å². The first-order chi connectivity index (χ1) is 9.02. The SMILES string of the molecule is CC(CNC(=O)N(C)CCO)Oc1ccc(F)cc1. The van der Waals surface area contributed by atoms with Crippen molar-refractivity contribution >= 4 is 6.03 Å². The van der Waals surface area contributed by atoms with Crippen molar-refractivity contribution in [3.8, 4) is 5.75 Å². The number of halogens is 1. The number of hydrogen-bond donors (Lipinski definition) is 2. The molecule has 6 heteroatoms. The van der Waals surface area contributed by atoms with E-state index in [2.05, 4.69) is 5.32 Å². The molecular formula is C13H19FN2O3. The molecule has 2 amide bonds. The van der Waals surface area contributed by atoms with Crippen LogP contribution in [0.4, 0.5) is 9.18 Å². The van der Waals surface area contributed by atoms with E-state index >= 15 is 0 Å². The summed E-state index contributed by atoms with van der Waals surface area (Å²) >= 11 is 0. The van der Waals surface area contributed by atoms with Crippen molar-refractivity contribution in [2.24, 2.45) is 0 Å². The van der Waals surface area contributed by atoms with Crippen molar-refractivity contribution in [1.29, 1.82) is 0 Å². The zero-order valence-corrected chi connectivity index (χ0v) is 11.1. The van der Waals surface area contributed by atoms with Crippen molar-refractivity contribution in [2.75, 3.05) is 26.7 Å². The molecule has 0 aliphatic heterocycles. The van der Waals surface area contributed by atoms with Crippen molar-refractivity contribution in [1.82, 2.24) is 10.2 Å². The van der Waals surface area contributed by atoms with Crippen molar-refractivity contribution < 1.29 is 19.0 Å². The van der Waals surface area contributed by atoms with Gasteiger partial charge in [0.25, 0.3) is 0 Å². The fourth-order valence-electron chi connectivity index (χ4n) is 1.40. The number of hydrogen-bond acceptors (Lipinski definition) is 3. The number of nitrogens with one attached hydrogen (secondary N) is 1. The zero-order valence-electron chi connectivity index (χ0n) is 11.1. The molecule has 1 aromatic rings. The third-order valence-corrected chi connectivity index (χ3v) is 2.47. The summed E-state index contributed by atoms with van der Waals surface area (Å²) < 4.78 is 18.2. The van der Waals surface area contributed by atoms with Crippen LogP contribution in [0.15, 0.2) is 24.3 Å². The van der Waals surface area contributed by atoms with Gasteiger partial charge in [-0.05, 0) is 31.2 Å². The Morgan fingerprint density at radius 1 is 1.47 bits per heavy atom. The summed E-state index contributed by atoms with van der Waals surface area (Å²) in [6.07, 6.45) is -0.239. The van der Waals surface area contributed by atoms with Crippen LogP contribution in [0.25, 0.3) is 0 Å². The van der Waals surface area contributed by atoms with Gasteiger partial charge >= 0.3 is 6.03 Å². The number of carbonyl (C=O) groups is 1. The lowest BCUT2D eigenvalue weighted by Crippen LogP contribution is -2.42. The average Bonchev–Trinajstić information content (AvgIpc) is 2.39. The molecule has 0 aliphatic rings. The molecule has 0 saturated carbocycles. The first-order valence-electron chi connectivity index (χ1n) is 6.05. The van der Waals surface area contributed by atoms with Crippen molar-refractivity contribution in [2.45, 2.75) is 13.0 Å². The molecule has 0 radical (unpaired) electrons. The third-order valence-electron chi connectivity index (χ3n) is 2.47. The van der Waals surface area contributed by atoms with Crippen LogP contribution in [-0.4, -0.2) is 48.9 Å². The molecule has 0 saturated heterocycles. The second kappa shape index (κ2) is 7.58. The minimum Gasteiger partial charge on any atom is -0.489 e. The van der Waals surface area contributed by atoms with E-state index in [4.69, 9.17) is 9.84 Å². The van der Waals surface area contributed by atoms with Gasteiger partial charge in [-0.2, -0.15) is 0 Å². The van der Waals surface area contributed by atoms with E-state index in [-0.39, 0.29) is 31.1 Å². The Morgan fingerprint density at radius 2 is 2.11 bits per heavy atom. The van der Waals surface area contributed by atoms with Crippen LogP contribution in [0.1, 0.15) is 6.92 Å². The molecule has 1 atom stereocenters. The number of likely N-dealkylation sites (N-methyl/N-ethyl adjacent to an activating group) is 1. The Bertz CT molecular complexity index is 397. The van der Waals surface area contributed by atoms with Gasteiger partial charge in [0.05, 0.1) is 13.2 Å².